The lowest BCUT2D eigenvalue weighted by Gasteiger charge is -2.21. The summed E-state index contributed by atoms with van der Waals surface area (Å²) in [5, 5.41) is 9.43. The van der Waals surface area contributed by atoms with E-state index < -0.39 is 0 Å². The molecule has 1 nitrogen and oxygen atoms in total. The first-order valence-electron chi connectivity index (χ1n) is 6.02. The molecule has 0 aliphatic heterocycles. The highest BCUT2D eigenvalue weighted by molar-refractivity contribution is 9.10. The van der Waals surface area contributed by atoms with Crippen LogP contribution in [0.5, 0.6) is 0 Å². The monoisotopic (exact) mass is 284 g/mol. The van der Waals surface area contributed by atoms with E-state index in [-0.39, 0.29) is 6.61 Å². The van der Waals surface area contributed by atoms with Crippen LogP contribution < -0.4 is 0 Å². The molecule has 0 radical (unpaired) electrons. The molecular formula is C14H21BrO. The third kappa shape index (κ3) is 4.26. The predicted octanol–water partition coefficient (Wildman–Crippen LogP) is 4.04. The van der Waals surface area contributed by atoms with Crippen molar-refractivity contribution in [1.29, 1.82) is 0 Å². The summed E-state index contributed by atoms with van der Waals surface area (Å²) in [4.78, 5) is 0. The Labute approximate surface area is 107 Å². The van der Waals surface area contributed by atoms with Crippen LogP contribution in [0.2, 0.25) is 0 Å². The summed E-state index contributed by atoms with van der Waals surface area (Å²) >= 11 is 3.43. The first kappa shape index (κ1) is 13.7. The molecular weight excluding hydrogens is 264 g/mol. The number of aliphatic hydroxyl groups excluding tert-OH is 1. The second kappa shape index (κ2) is 7.08. The minimum atomic E-state index is 0.289. The summed E-state index contributed by atoms with van der Waals surface area (Å²) in [5.41, 5.74) is 1.31. The van der Waals surface area contributed by atoms with Gasteiger partial charge < -0.3 is 5.11 Å². The Hall–Kier alpha value is -0.340. The first-order chi connectivity index (χ1) is 7.67. The smallest absolute Gasteiger partial charge is 0.0464 e. The van der Waals surface area contributed by atoms with Gasteiger partial charge >= 0.3 is 0 Å². The van der Waals surface area contributed by atoms with Crippen LogP contribution in [0.15, 0.2) is 28.7 Å². The molecule has 1 aromatic rings. The third-order valence-electron chi connectivity index (χ3n) is 3.19. The van der Waals surface area contributed by atoms with Crippen molar-refractivity contribution in [2.75, 3.05) is 6.61 Å². The number of rotatable bonds is 6. The van der Waals surface area contributed by atoms with Crippen molar-refractivity contribution in [2.24, 2.45) is 11.8 Å². The van der Waals surface area contributed by atoms with E-state index in [1.165, 1.54) is 18.4 Å². The summed E-state index contributed by atoms with van der Waals surface area (Å²) in [7, 11) is 0. The minimum Gasteiger partial charge on any atom is -0.396 e. The Bertz CT molecular complexity index is 294. The molecule has 0 bridgehead atoms. The molecule has 0 aliphatic carbocycles. The van der Waals surface area contributed by atoms with E-state index in [4.69, 9.17) is 0 Å². The Morgan fingerprint density at radius 1 is 1.25 bits per heavy atom. The van der Waals surface area contributed by atoms with E-state index >= 15 is 0 Å². The molecule has 0 aromatic heterocycles. The van der Waals surface area contributed by atoms with Gasteiger partial charge in [-0.15, -0.1) is 0 Å². The van der Waals surface area contributed by atoms with Crippen LogP contribution in [0.3, 0.4) is 0 Å². The lowest BCUT2D eigenvalue weighted by molar-refractivity contribution is 0.176. The molecule has 0 aliphatic rings. The number of halogens is 1. The largest absolute Gasteiger partial charge is 0.396 e. The standard InChI is InChI=1S/C14H21BrO/c1-3-4-11(2)13(10-16)9-12-5-7-14(15)8-6-12/h5-8,11,13,16H,3-4,9-10H2,1-2H3. The van der Waals surface area contributed by atoms with Crippen molar-refractivity contribution in [3.05, 3.63) is 34.3 Å². The molecule has 0 fully saturated rings. The molecule has 0 spiro atoms. The quantitative estimate of drug-likeness (QED) is 0.836. The Balaban J connectivity index is 2.59. The first-order valence-corrected chi connectivity index (χ1v) is 6.82. The van der Waals surface area contributed by atoms with Crippen molar-refractivity contribution >= 4 is 15.9 Å². The van der Waals surface area contributed by atoms with Crippen LogP contribution in [-0.4, -0.2) is 11.7 Å². The fourth-order valence-corrected chi connectivity index (χ4v) is 2.32. The maximum absolute atomic E-state index is 9.43. The lowest BCUT2D eigenvalue weighted by Crippen LogP contribution is -2.18. The highest BCUT2D eigenvalue weighted by Crippen LogP contribution is 2.22. The normalized spacial score (nSPS) is 14.8. The lowest BCUT2D eigenvalue weighted by atomic mass is 9.86. The summed E-state index contributed by atoms with van der Waals surface area (Å²) in [6.07, 6.45) is 3.37. The molecule has 2 unspecified atom stereocenters. The number of hydrogen-bond donors (Lipinski definition) is 1. The molecule has 0 saturated heterocycles. The van der Waals surface area contributed by atoms with Crippen LogP contribution in [0.4, 0.5) is 0 Å². The van der Waals surface area contributed by atoms with Crippen molar-refractivity contribution in [3.63, 3.8) is 0 Å². The van der Waals surface area contributed by atoms with Crippen LogP contribution in [0.25, 0.3) is 0 Å². The van der Waals surface area contributed by atoms with Crippen molar-refractivity contribution in [1.82, 2.24) is 0 Å². The molecule has 2 heteroatoms. The molecule has 1 N–H and O–H groups in total. The van der Waals surface area contributed by atoms with Crippen molar-refractivity contribution in [2.45, 2.75) is 33.1 Å². The van der Waals surface area contributed by atoms with E-state index in [9.17, 15) is 5.11 Å². The second-order valence-electron chi connectivity index (χ2n) is 4.54. The fourth-order valence-electron chi connectivity index (χ4n) is 2.06. The van der Waals surface area contributed by atoms with E-state index in [1.54, 1.807) is 0 Å². The molecule has 1 rings (SSSR count). The summed E-state index contributed by atoms with van der Waals surface area (Å²) in [6, 6.07) is 8.39. The molecule has 0 saturated carbocycles. The number of benzene rings is 1. The van der Waals surface area contributed by atoms with Crippen LogP contribution in [0.1, 0.15) is 32.3 Å². The van der Waals surface area contributed by atoms with Gasteiger partial charge in [0.1, 0.15) is 0 Å². The second-order valence-corrected chi connectivity index (χ2v) is 5.45. The van der Waals surface area contributed by atoms with Gasteiger partial charge in [0.2, 0.25) is 0 Å². The topological polar surface area (TPSA) is 20.2 Å². The average molecular weight is 285 g/mol. The minimum absolute atomic E-state index is 0.289. The maximum atomic E-state index is 9.43. The van der Waals surface area contributed by atoms with E-state index in [2.05, 4.69) is 54.0 Å². The van der Waals surface area contributed by atoms with Crippen LogP contribution in [0, 0.1) is 11.8 Å². The predicted molar refractivity (Wildman–Crippen MR) is 72.5 cm³/mol. The molecule has 2 atom stereocenters. The van der Waals surface area contributed by atoms with Crippen LogP contribution >= 0.6 is 15.9 Å². The van der Waals surface area contributed by atoms with E-state index in [0.29, 0.717) is 11.8 Å². The zero-order chi connectivity index (χ0) is 12.0. The van der Waals surface area contributed by atoms with Gasteiger partial charge in [-0.2, -0.15) is 0 Å². The van der Waals surface area contributed by atoms with Gasteiger partial charge in [0.15, 0.2) is 0 Å². The maximum Gasteiger partial charge on any atom is 0.0464 e. The van der Waals surface area contributed by atoms with Gasteiger partial charge in [-0.05, 0) is 36.0 Å². The molecule has 0 amide bonds. The SMILES string of the molecule is CCCC(C)C(CO)Cc1ccc(Br)cc1. The van der Waals surface area contributed by atoms with Gasteiger partial charge in [-0.25, -0.2) is 0 Å². The van der Waals surface area contributed by atoms with Gasteiger partial charge in [-0.1, -0.05) is 54.8 Å². The van der Waals surface area contributed by atoms with Gasteiger partial charge in [-0.3, -0.25) is 0 Å². The zero-order valence-electron chi connectivity index (χ0n) is 10.1. The summed E-state index contributed by atoms with van der Waals surface area (Å²) in [5.74, 6) is 0.986. The van der Waals surface area contributed by atoms with Crippen LogP contribution in [-0.2, 0) is 6.42 Å². The fraction of sp³-hybridized carbons (Fsp3) is 0.571. The van der Waals surface area contributed by atoms with E-state index in [1.807, 2.05) is 0 Å². The molecule has 0 heterocycles. The van der Waals surface area contributed by atoms with E-state index in [0.717, 1.165) is 10.9 Å². The summed E-state index contributed by atoms with van der Waals surface area (Å²) < 4.78 is 1.11. The molecule has 90 valence electrons. The highest BCUT2D eigenvalue weighted by atomic mass is 79.9. The third-order valence-corrected chi connectivity index (χ3v) is 3.72. The van der Waals surface area contributed by atoms with Gasteiger partial charge in [0, 0.05) is 11.1 Å². The average Bonchev–Trinajstić information content (AvgIpc) is 2.28. The number of aliphatic hydroxyl groups is 1. The number of hydrogen-bond acceptors (Lipinski definition) is 1. The Kier molecular flexibility index (Phi) is 6.07. The highest BCUT2D eigenvalue weighted by Gasteiger charge is 2.16. The Morgan fingerprint density at radius 3 is 2.38 bits per heavy atom. The molecule has 16 heavy (non-hydrogen) atoms. The zero-order valence-corrected chi connectivity index (χ0v) is 11.7. The summed E-state index contributed by atoms with van der Waals surface area (Å²) in [6.45, 7) is 4.73. The molecule has 1 aromatic carbocycles. The van der Waals surface area contributed by atoms with Gasteiger partial charge in [0.05, 0.1) is 0 Å². The van der Waals surface area contributed by atoms with Crippen molar-refractivity contribution in [3.8, 4) is 0 Å². The van der Waals surface area contributed by atoms with Gasteiger partial charge in [0.25, 0.3) is 0 Å². The Morgan fingerprint density at radius 2 is 1.88 bits per heavy atom. The van der Waals surface area contributed by atoms with Crippen molar-refractivity contribution < 1.29 is 5.11 Å².